The molecule has 30 heavy (non-hydrogen) atoms. The Morgan fingerprint density at radius 2 is 1.57 bits per heavy atom. The van der Waals surface area contributed by atoms with Gasteiger partial charge >= 0.3 is 0 Å². The van der Waals surface area contributed by atoms with Crippen molar-refractivity contribution >= 4 is 27.3 Å². The minimum absolute atomic E-state index is 0.328. The van der Waals surface area contributed by atoms with Gasteiger partial charge in [-0.05, 0) is 67.4 Å². The second-order valence-electron chi connectivity index (χ2n) is 7.05. The Labute approximate surface area is 177 Å². The fourth-order valence-corrected chi connectivity index (χ4v) is 3.75. The predicted octanol–water partition coefficient (Wildman–Crippen LogP) is 4.50. The SMILES string of the molecule is Cc1ccc(C)c(NC(=O)CN(c2ccc(Oc3ccccc3)cc2)S(C)(=O)=O)c1. The van der Waals surface area contributed by atoms with Gasteiger partial charge in [0.25, 0.3) is 0 Å². The second-order valence-corrected chi connectivity index (χ2v) is 8.95. The molecular weight excluding hydrogens is 400 g/mol. The topological polar surface area (TPSA) is 75.7 Å². The van der Waals surface area contributed by atoms with Crippen molar-refractivity contribution in [1.82, 2.24) is 0 Å². The molecule has 0 heterocycles. The number of amides is 1. The van der Waals surface area contributed by atoms with Crippen LogP contribution in [0, 0.1) is 13.8 Å². The normalized spacial score (nSPS) is 11.0. The molecule has 0 atom stereocenters. The molecule has 7 heteroatoms. The van der Waals surface area contributed by atoms with Gasteiger partial charge in [0.05, 0.1) is 11.9 Å². The largest absolute Gasteiger partial charge is 0.457 e. The van der Waals surface area contributed by atoms with E-state index in [0.717, 1.165) is 21.7 Å². The van der Waals surface area contributed by atoms with Gasteiger partial charge in [-0.1, -0.05) is 30.3 Å². The number of carbonyl (C=O) groups excluding carboxylic acids is 1. The van der Waals surface area contributed by atoms with E-state index in [1.807, 2.05) is 62.4 Å². The van der Waals surface area contributed by atoms with Crippen molar-refractivity contribution in [2.24, 2.45) is 0 Å². The van der Waals surface area contributed by atoms with Crippen molar-refractivity contribution in [3.8, 4) is 11.5 Å². The number of para-hydroxylation sites is 1. The second kappa shape index (κ2) is 9.00. The van der Waals surface area contributed by atoms with Crippen molar-refractivity contribution in [3.05, 3.63) is 83.9 Å². The third-order valence-corrected chi connectivity index (χ3v) is 5.60. The number of nitrogens with one attached hydrogen (secondary N) is 1. The van der Waals surface area contributed by atoms with Crippen LogP contribution in [0.4, 0.5) is 11.4 Å². The first kappa shape index (κ1) is 21.4. The van der Waals surface area contributed by atoms with E-state index in [-0.39, 0.29) is 6.54 Å². The predicted molar refractivity (Wildman–Crippen MR) is 120 cm³/mol. The number of hydrogen-bond donors (Lipinski definition) is 1. The lowest BCUT2D eigenvalue weighted by molar-refractivity contribution is -0.114. The molecule has 0 saturated carbocycles. The number of ether oxygens (including phenoxy) is 1. The molecule has 0 unspecified atom stereocenters. The maximum atomic E-state index is 12.6. The van der Waals surface area contributed by atoms with Crippen LogP contribution in [-0.4, -0.2) is 27.1 Å². The summed E-state index contributed by atoms with van der Waals surface area (Å²) >= 11 is 0. The number of hydrogen-bond acceptors (Lipinski definition) is 4. The van der Waals surface area contributed by atoms with Gasteiger partial charge in [-0.15, -0.1) is 0 Å². The standard InChI is InChI=1S/C23H24N2O4S/c1-17-9-10-18(2)22(15-17)24-23(26)16-25(30(3,27)28)19-11-13-21(14-12-19)29-20-7-5-4-6-8-20/h4-15H,16H2,1-3H3,(H,24,26). The molecule has 0 aliphatic carbocycles. The van der Waals surface area contributed by atoms with Gasteiger partial charge in [0, 0.05) is 5.69 Å². The summed E-state index contributed by atoms with van der Waals surface area (Å²) in [6.07, 6.45) is 1.08. The van der Waals surface area contributed by atoms with E-state index < -0.39 is 15.9 Å². The molecule has 156 valence electrons. The lowest BCUT2D eigenvalue weighted by atomic mass is 10.1. The lowest BCUT2D eigenvalue weighted by Gasteiger charge is -2.22. The van der Waals surface area contributed by atoms with Crippen LogP contribution in [0.5, 0.6) is 11.5 Å². The van der Waals surface area contributed by atoms with Crippen LogP contribution in [0.2, 0.25) is 0 Å². The minimum Gasteiger partial charge on any atom is -0.457 e. The van der Waals surface area contributed by atoms with Gasteiger partial charge in [0.1, 0.15) is 18.0 Å². The molecule has 3 rings (SSSR count). The molecule has 3 aromatic rings. The zero-order valence-corrected chi connectivity index (χ0v) is 17.9. The molecule has 0 saturated heterocycles. The summed E-state index contributed by atoms with van der Waals surface area (Å²) < 4.78 is 31.5. The molecule has 1 amide bonds. The summed E-state index contributed by atoms with van der Waals surface area (Å²) in [6, 6.07) is 21.6. The number of carbonyl (C=O) groups is 1. The Morgan fingerprint density at radius 3 is 2.20 bits per heavy atom. The minimum atomic E-state index is -3.66. The number of anilines is 2. The maximum Gasteiger partial charge on any atom is 0.245 e. The Bertz CT molecular complexity index is 1130. The quantitative estimate of drug-likeness (QED) is 0.606. The Balaban J connectivity index is 1.76. The van der Waals surface area contributed by atoms with Gasteiger partial charge in [-0.3, -0.25) is 9.10 Å². The molecular formula is C23H24N2O4S. The van der Waals surface area contributed by atoms with E-state index in [1.54, 1.807) is 24.3 Å². The van der Waals surface area contributed by atoms with Gasteiger partial charge < -0.3 is 10.1 Å². The first-order valence-electron chi connectivity index (χ1n) is 9.40. The van der Waals surface area contributed by atoms with Crippen LogP contribution >= 0.6 is 0 Å². The summed E-state index contributed by atoms with van der Waals surface area (Å²) in [4.78, 5) is 12.6. The van der Waals surface area contributed by atoms with Crippen LogP contribution in [-0.2, 0) is 14.8 Å². The molecule has 0 aliphatic rings. The number of sulfonamides is 1. The number of nitrogens with zero attached hydrogens (tertiary/aromatic N) is 1. The van der Waals surface area contributed by atoms with E-state index in [1.165, 1.54) is 0 Å². The zero-order chi connectivity index (χ0) is 21.7. The summed E-state index contributed by atoms with van der Waals surface area (Å²) in [6.45, 7) is 3.48. The molecule has 6 nitrogen and oxygen atoms in total. The van der Waals surface area contributed by atoms with Crippen LogP contribution in [0.3, 0.4) is 0 Å². The Hall–Kier alpha value is -3.32. The van der Waals surface area contributed by atoms with Crippen LogP contribution < -0.4 is 14.4 Å². The van der Waals surface area contributed by atoms with Crippen molar-refractivity contribution in [2.45, 2.75) is 13.8 Å². The smallest absolute Gasteiger partial charge is 0.245 e. The van der Waals surface area contributed by atoms with Gasteiger partial charge in [0.2, 0.25) is 15.9 Å². The van der Waals surface area contributed by atoms with E-state index in [2.05, 4.69) is 5.32 Å². The van der Waals surface area contributed by atoms with E-state index in [4.69, 9.17) is 4.74 Å². The van der Waals surface area contributed by atoms with Gasteiger partial charge in [-0.2, -0.15) is 0 Å². The molecule has 3 aromatic carbocycles. The average molecular weight is 425 g/mol. The summed E-state index contributed by atoms with van der Waals surface area (Å²) in [7, 11) is -3.66. The van der Waals surface area contributed by atoms with E-state index in [0.29, 0.717) is 22.9 Å². The molecule has 0 aromatic heterocycles. The molecule has 0 fully saturated rings. The highest BCUT2D eigenvalue weighted by atomic mass is 32.2. The number of benzene rings is 3. The fourth-order valence-electron chi connectivity index (χ4n) is 2.90. The third kappa shape index (κ3) is 5.61. The highest BCUT2D eigenvalue weighted by molar-refractivity contribution is 7.92. The summed E-state index contributed by atoms with van der Waals surface area (Å²) in [5, 5.41) is 2.80. The molecule has 1 N–H and O–H groups in total. The number of rotatable bonds is 7. The highest BCUT2D eigenvalue weighted by Gasteiger charge is 2.21. The Kier molecular flexibility index (Phi) is 6.42. The van der Waals surface area contributed by atoms with Crippen molar-refractivity contribution in [3.63, 3.8) is 0 Å². The first-order valence-corrected chi connectivity index (χ1v) is 11.2. The van der Waals surface area contributed by atoms with Crippen molar-refractivity contribution < 1.29 is 17.9 Å². The summed E-state index contributed by atoms with van der Waals surface area (Å²) in [5.41, 5.74) is 2.96. The Morgan fingerprint density at radius 1 is 0.933 bits per heavy atom. The number of aryl methyl sites for hydroxylation is 2. The monoisotopic (exact) mass is 424 g/mol. The molecule has 0 radical (unpaired) electrons. The van der Waals surface area contributed by atoms with Crippen LogP contribution in [0.15, 0.2) is 72.8 Å². The molecule has 0 spiro atoms. The third-order valence-electron chi connectivity index (χ3n) is 4.46. The van der Waals surface area contributed by atoms with Crippen molar-refractivity contribution in [2.75, 3.05) is 22.4 Å². The van der Waals surface area contributed by atoms with Gasteiger partial charge in [0.15, 0.2) is 0 Å². The molecule has 0 bridgehead atoms. The van der Waals surface area contributed by atoms with Crippen LogP contribution in [0.1, 0.15) is 11.1 Å². The van der Waals surface area contributed by atoms with E-state index in [9.17, 15) is 13.2 Å². The van der Waals surface area contributed by atoms with E-state index >= 15 is 0 Å². The zero-order valence-electron chi connectivity index (χ0n) is 17.1. The average Bonchev–Trinajstić information content (AvgIpc) is 2.70. The van der Waals surface area contributed by atoms with Crippen molar-refractivity contribution in [1.29, 1.82) is 0 Å². The fraction of sp³-hybridized carbons (Fsp3) is 0.174. The highest BCUT2D eigenvalue weighted by Crippen LogP contribution is 2.25. The summed E-state index contributed by atoms with van der Waals surface area (Å²) in [5.74, 6) is 0.829. The van der Waals surface area contributed by atoms with Crippen LogP contribution in [0.25, 0.3) is 0 Å². The maximum absolute atomic E-state index is 12.6. The first-order chi connectivity index (χ1) is 14.2. The van der Waals surface area contributed by atoms with Gasteiger partial charge in [-0.25, -0.2) is 8.42 Å². The lowest BCUT2D eigenvalue weighted by Crippen LogP contribution is -2.37. The molecule has 0 aliphatic heterocycles.